The monoisotopic (exact) mass is 320 g/mol. The summed E-state index contributed by atoms with van der Waals surface area (Å²) in [7, 11) is -2.23. The largest absolute Gasteiger partial charge is 0.495 e. The zero-order valence-corrected chi connectivity index (χ0v) is 13.1. The highest BCUT2D eigenvalue weighted by Crippen LogP contribution is 2.32. The highest BCUT2D eigenvalue weighted by molar-refractivity contribution is 7.89. The van der Waals surface area contributed by atoms with E-state index in [-0.39, 0.29) is 23.9 Å². The van der Waals surface area contributed by atoms with Crippen molar-refractivity contribution in [2.45, 2.75) is 24.9 Å². The van der Waals surface area contributed by atoms with E-state index >= 15 is 0 Å². The van der Waals surface area contributed by atoms with Crippen LogP contribution in [0.15, 0.2) is 29.3 Å². The molecule has 0 amide bonds. The van der Waals surface area contributed by atoms with Crippen molar-refractivity contribution in [1.29, 1.82) is 0 Å². The maximum Gasteiger partial charge on any atom is 0.247 e. The third kappa shape index (κ3) is 2.40. The summed E-state index contributed by atoms with van der Waals surface area (Å²) >= 11 is 0. The molecule has 0 saturated carbocycles. The van der Waals surface area contributed by atoms with Crippen LogP contribution in [0.3, 0.4) is 0 Å². The van der Waals surface area contributed by atoms with Crippen molar-refractivity contribution in [3.05, 3.63) is 41.2 Å². The summed E-state index contributed by atoms with van der Waals surface area (Å²) in [4.78, 5) is 8.17. The van der Waals surface area contributed by atoms with E-state index in [1.165, 1.54) is 11.4 Å². The van der Waals surface area contributed by atoms with Crippen molar-refractivity contribution in [1.82, 2.24) is 14.3 Å². The number of methoxy groups -OCH3 is 1. The zero-order valence-electron chi connectivity index (χ0n) is 12.3. The van der Waals surface area contributed by atoms with Crippen molar-refractivity contribution in [3.8, 4) is 5.75 Å². The Labute approximate surface area is 128 Å². The average Bonchev–Trinajstić information content (AvgIpc) is 2.91. The molecule has 0 aliphatic carbocycles. The number of hydrogen-bond donors (Lipinski definition) is 1. The molecular weight excluding hydrogens is 304 g/mol. The Hall–Kier alpha value is -2.19. The lowest BCUT2D eigenvalue weighted by Crippen LogP contribution is -2.26. The lowest BCUT2D eigenvalue weighted by atomic mass is 10.2. The van der Waals surface area contributed by atoms with Crippen LogP contribution in [0, 0.1) is 6.92 Å². The fraction of sp³-hybridized carbons (Fsp3) is 0.286. The third-order valence-electron chi connectivity index (χ3n) is 3.58. The van der Waals surface area contributed by atoms with Gasteiger partial charge < -0.3 is 10.5 Å². The van der Waals surface area contributed by atoms with Crippen LogP contribution in [0.2, 0.25) is 0 Å². The van der Waals surface area contributed by atoms with Crippen molar-refractivity contribution in [3.63, 3.8) is 0 Å². The number of rotatable bonds is 3. The molecule has 2 N–H and O–H groups in total. The van der Waals surface area contributed by atoms with Crippen LogP contribution < -0.4 is 10.5 Å². The van der Waals surface area contributed by atoms with Crippen molar-refractivity contribution < 1.29 is 13.2 Å². The Bertz CT molecular complexity index is 836. The van der Waals surface area contributed by atoms with Gasteiger partial charge in [-0.1, -0.05) is 6.07 Å². The summed E-state index contributed by atoms with van der Waals surface area (Å²) in [5.74, 6) is 0.471. The van der Waals surface area contributed by atoms with Gasteiger partial charge in [-0.2, -0.15) is 4.31 Å². The number of fused-ring (bicyclic) bond motifs is 1. The molecule has 0 radical (unpaired) electrons. The van der Waals surface area contributed by atoms with E-state index < -0.39 is 10.0 Å². The van der Waals surface area contributed by atoms with Gasteiger partial charge in [0.15, 0.2) is 0 Å². The number of aromatic nitrogens is 2. The molecule has 2 heterocycles. The SMILES string of the molecule is COc1ccc(C)cc1S(=O)(=O)N1Cc2cnc(N)nc2C1. The number of nitrogens with zero attached hydrogens (tertiary/aromatic N) is 3. The molecule has 1 aromatic heterocycles. The van der Waals surface area contributed by atoms with Gasteiger partial charge in [0.2, 0.25) is 16.0 Å². The first-order valence-electron chi connectivity index (χ1n) is 6.67. The smallest absolute Gasteiger partial charge is 0.247 e. The summed E-state index contributed by atoms with van der Waals surface area (Å²) < 4.78 is 32.3. The maximum atomic E-state index is 12.9. The second kappa shape index (κ2) is 5.22. The van der Waals surface area contributed by atoms with Crippen molar-refractivity contribution in [2.75, 3.05) is 12.8 Å². The van der Waals surface area contributed by atoms with Crippen LogP contribution in [0.4, 0.5) is 5.95 Å². The minimum atomic E-state index is -3.68. The lowest BCUT2D eigenvalue weighted by Gasteiger charge is -2.17. The summed E-state index contributed by atoms with van der Waals surface area (Å²) in [6.07, 6.45) is 1.57. The minimum absolute atomic E-state index is 0.145. The molecule has 116 valence electrons. The zero-order chi connectivity index (χ0) is 15.9. The summed E-state index contributed by atoms with van der Waals surface area (Å²) in [5.41, 5.74) is 7.81. The van der Waals surface area contributed by atoms with E-state index in [1.54, 1.807) is 18.3 Å². The van der Waals surface area contributed by atoms with Crippen LogP contribution in [0.1, 0.15) is 16.8 Å². The molecule has 0 fully saturated rings. The van der Waals surface area contributed by atoms with Gasteiger partial charge in [-0.15, -0.1) is 0 Å². The topological polar surface area (TPSA) is 98.4 Å². The molecule has 1 aliphatic heterocycles. The molecule has 0 atom stereocenters. The van der Waals surface area contributed by atoms with Gasteiger partial charge in [0.25, 0.3) is 0 Å². The molecule has 7 nitrogen and oxygen atoms in total. The predicted molar refractivity (Wildman–Crippen MR) is 80.6 cm³/mol. The number of hydrogen-bond acceptors (Lipinski definition) is 6. The normalized spacial score (nSPS) is 14.8. The lowest BCUT2D eigenvalue weighted by molar-refractivity contribution is 0.392. The fourth-order valence-corrected chi connectivity index (χ4v) is 4.05. The molecule has 0 saturated heterocycles. The second-order valence-electron chi connectivity index (χ2n) is 5.13. The Morgan fingerprint density at radius 1 is 1.32 bits per heavy atom. The van der Waals surface area contributed by atoms with Gasteiger partial charge >= 0.3 is 0 Å². The standard InChI is InChI=1S/C14H16N4O3S/c1-9-3-4-12(21-2)13(5-9)22(19,20)18-7-10-6-16-14(15)17-11(10)8-18/h3-6H,7-8H2,1-2H3,(H2,15,16,17). The van der Waals surface area contributed by atoms with Crippen molar-refractivity contribution >= 4 is 16.0 Å². The molecule has 8 heteroatoms. The number of benzene rings is 1. The first-order chi connectivity index (χ1) is 10.4. The van der Waals surface area contributed by atoms with Crippen LogP contribution in [0.25, 0.3) is 0 Å². The first kappa shape index (κ1) is 14.7. The molecule has 2 aromatic rings. The number of sulfonamides is 1. The number of nitrogens with two attached hydrogens (primary N) is 1. The van der Waals surface area contributed by atoms with Gasteiger partial charge in [-0.3, -0.25) is 0 Å². The fourth-order valence-electron chi connectivity index (χ4n) is 2.43. The van der Waals surface area contributed by atoms with Gasteiger partial charge in [-0.05, 0) is 24.6 Å². The molecule has 1 aromatic carbocycles. The molecule has 0 bridgehead atoms. The molecule has 22 heavy (non-hydrogen) atoms. The van der Waals surface area contributed by atoms with E-state index in [1.807, 2.05) is 13.0 Å². The van der Waals surface area contributed by atoms with E-state index in [0.29, 0.717) is 11.4 Å². The van der Waals surface area contributed by atoms with Crippen LogP contribution in [-0.4, -0.2) is 29.8 Å². The number of anilines is 1. The Morgan fingerprint density at radius 2 is 2.09 bits per heavy atom. The first-order valence-corrected chi connectivity index (χ1v) is 8.11. The third-order valence-corrected chi connectivity index (χ3v) is 5.40. The quantitative estimate of drug-likeness (QED) is 0.908. The number of ether oxygens (including phenoxy) is 1. The maximum absolute atomic E-state index is 12.9. The number of aryl methyl sites for hydroxylation is 1. The van der Waals surface area contributed by atoms with Crippen LogP contribution in [-0.2, 0) is 23.1 Å². The molecular formula is C14H16N4O3S. The predicted octanol–water partition coefficient (Wildman–Crippen LogP) is 1.08. The molecule has 3 rings (SSSR count). The van der Waals surface area contributed by atoms with Gasteiger partial charge in [0.1, 0.15) is 10.6 Å². The molecule has 1 aliphatic rings. The summed E-state index contributed by atoms with van der Waals surface area (Å²) in [6, 6.07) is 5.07. The van der Waals surface area contributed by atoms with Crippen molar-refractivity contribution in [2.24, 2.45) is 0 Å². The van der Waals surface area contributed by atoms with Gasteiger partial charge in [0, 0.05) is 18.3 Å². The van der Waals surface area contributed by atoms with E-state index in [9.17, 15) is 8.42 Å². The van der Waals surface area contributed by atoms with Crippen LogP contribution >= 0.6 is 0 Å². The second-order valence-corrected chi connectivity index (χ2v) is 7.03. The molecule has 0 unspecified atom stereocenters. The Kier molecular flexibility index (Phi) is 3.50. The van der Waals surface area contributed by atoms with Crippen LogP contribution in [0.5, 0.6) is 5.75 Å². The highest BCUT2D eigenvalue weighted by atomic mass is 32.2. The highest BCUT2D eigenvalue weighted by Gasteiger charge is 2.33. The summed E-state index contributed by atoms with van der Waals surface area (Å²) in [6.45, 7) is 2.25. The Balaban J connectivity index is 2.01. The summed E-state index contributed by atoms with van der Waals surface area (Å²) in [5, 5.41) is 0. The van der Waals surface area contributed by atoms with E-state index in [4.69, 9.17) is 10.5 Å². The van der Waals surface area contributed by atoms with E-state index in [2.05, 4.69) is 9.97 Å². The average molecular weight is 320 g/mol. The minimum Gasteiger partial charge on any atom is -0.495 e. The van der Waals surface area contributed by atoms with Gasteiger partial charge in [-0.25, -0.2) is 18.4 Å². The van der Waals surface area contributed by atoms with Gasteiger partial charge in [0.05, 0.1) is 19.3 Å². The Morgan fingerprint density at radius 3 is 2.82 bits per heavy atom. The molecule has 0 spiro atoms. The van der Waals surface area contributed by atoms with E-state index in [0.717, 1.165) is 11.1 Å². The number of nitrogen functional groups attached to an aromatic ring is 1.